The number of benzene rings is 1. The summed E-state index contributed by atoms with van der Waals surface area (Å²) in [5.41, 5.74) is 1.08. The zero-order valence-corrected chi connectivity index (χ0v) is 14.5. The summed E-state index contributed by atoms with van der Waals surface area (Å²) in [4.78, 5) is 2.35. The molecule has 0 radical (unpaired) electrons. The van der Waals surface area contributed by atoms with Gasteiger partial charge in [0.15, 0.2) is 0 Å². The van der Waals surface area contributed by atoms with Crippen LogP contribution in [0.4, 0.5) is 0 Å². The molecule has 0 amide bonds. The third kappa shape index (κ3) is 4.49. The minimum absolute atomic E-state index is 0.273. The van der Waals surface area contributed by atoms with E-state index in [1.165, 1.54) is 0 Å². The lowest BCUT2D eigenvalue weighted by Gasteiger charge is -2.28. The van der Waals surface area contributed by atoms with Gasteiger partial charge >= 0.3 is 0 Å². The van der Waals surface area contributed by atoms with Crippen molar-refractivity contribution in [1.82, 2.24) is 10.2 Å². The monoisotopic (exact) mass is 330 g/mol. The van der Waals surface area contributed by atoms with Gasteiger partial charge in [0, 0.05) is 29.1 Å². The van der Waals surface area contributed by atoms with Gasteiger partial charge < -0.3 is 15.0 Å². The Labute approximate surface area is 137 Å². The molecule has 1 unspecified atom stereocenters. The van der Waals surface area contributed by atoms with Crippen molar-refractivity contribution < 1.29 is 4.74 Å². The summed E-state index contributed by atoms with van der Waals surface area (Å²) in [5.74, 6) is 0.782. The molecule has 0 spiro atoms. The maximum absolute atomic E-state index is 6.21. The van der Waals surface area contributed by atoms with E-state index in [-0.39, 0.29) is 6.04 Å². The smallest absolute Gasteiger partial charge is 0.142 e. The van der Waals surface area contributed by atoms with E-state index < -0.39 is 0 Å². The predicted octanol–water partition coefficient (Wildman–Crippen LogP) is 4.14. The van der Waals surface area contributed by atoms with Crippen LogP contribution in [0.3, 0.4) is 0 Å². The zero-order valence-electron chi connectivity index (χ0n) is 13.0. The molecule has 118 valence electrons. The molecule has 1 atom stereocenters. The van der Waals surface area contributed by atoms with E-state index in [0.717, 1.165) is 37.2 Å². The molecule has 0 bridgehead atoms. The first-order valence-electron chi connectivity index (χ1n) is 7.54. The summed E-state index contributed by atoms with van der Waals surface area (Å²) >= 11 is 12.3. The molecule has 1 N–H and O–H groups in total. The SMILES string of the molecule is CC(C)N(C)CCCNC1CCOc2c(Cl)cc(Cl)cc21. The van der Waals surface area contributed by atoms with Gasteiger partial charge in [-0.3, -0.25) is 0 Å². The van der Waals surface area contributed by atoms with Crippen LogP contribution < -0.4 is 10.1 Å². The number of hydrogen-bond donors (Lipinski definition) is 1. The third-order valence-corrected chi connectivity index (χ3v) is 4.52. The second-order valence-electron chi connectivity index (χ2n) is 5.88. The van der Waals surface area contributed by atoms with E-state index in [2.05, 4.69) is 31.1 Å². The van der Waals surface area contributed by atoms with Gasteiger partial charge in [0.05, 0.1) is 11.6 Å². The largest absolute Gasteiger partial charge is 0.492 e. The molecule has 0 fully saturated rings. The molecule has 3 nitrogen and oxygen atoms in total. The van der Waals surface area contributed by atoms with Gasteiger partial charge in [-0.1, -0.05) is 23.2 Å². The average molecular weight is 331 g/mol. The van der Waals surface area contributed by atoms with Crippen LogP contribution in [0.1, 0.15) is 38.3 Å². The first-order chi connectivity index (χ1) is 9.99. The molecular weight excluding hydrogens is 307 g/mol. The fraction of sp³-hybridized carbons (Fsp3) is 0.625. The Bertz CT molecular complexity index is 480. The highest BCUT2D eigenvalue weighted by Gasteiger charge is 2.23. The summed E-state index contributed by atoms with van der Waals surface area (Å²) < 4.78 is 5.68. The standard InChI is InChI=1S/C16H24Cl2N2O/c1-11(2)20(3)7-4-6-19-15-5-8-21-16-13(15)9-12(17)10-14(16)18/h9-11,15,19H,4-8H2,1-3H3. The van der Waals surface area contributed by atoms with Crippen molar-refractivity contribution in [3.8, 4) is 5.75 Å². The average Bonchev–Trinajstić information content (AvgIpc) is 2.43. The quantitative estimate of drug-likeness (QED) is 0.793. The Morgan fingerprint density at radius 2 is 2.14 bits per heavy atom. The molecule has 0 aromatic heterocycles. The molecular formula is C16H24Cl2N2O. The van der Waals surface area contributed by atoms with Crippen molar-refractivity contribution in [3.05, 3.63) is 27.7 Å². The molecule has 1 aliphatic rings. The molecule has 5 heteroatoms. The maximum atomic E-state index is 6.21. The Morgan fingerprint density at radius 1 is 1.38 bits per heavy atom. The molecule has 21 heavy (non-hydrogen) atoms. The number of hydrogen-bond acceptors (Lipinski definition) is 3. The number of fused-ring (bicyclic) bond motifs is 1. The molecule has 2 rings (SSSR count). The number of ether oxygens (including phenoxy) is 1. The van der Waals surface area contributed by atoms with E-state index >= 15 is 0 Å². The lowest BCUT2D eigenvalue weighted by Crippen LogP contribution is -2.32. The Hall–Kier alpha value is -0.480. The normalized spacial score (nSPS) is 18.0. The Kier molecular flexibility index (Phi) is 6.18. The van der Waals surface area contributed by atoms with Gasteiger partial charge in [-0.15, -0.1) is 0 Å². The van der Waals surface area contributed by atoms with E-state index in [1.807, 2.05) is 6.07 Å². The highest BCUT2D eigenvalue weighted by atomic mass is 35.5. The fourth-order valence-electron chi connectivity index (χ4n) is 2.50. The lowest BCUT2D eigenvalue weighted by atomic mass is 10.0. The molecule has 1 aromatic rings. The molecule has 1 aliphatic heterocycles. The fourth-order valence-corrected chi connectivity index (χ4v) is 3.06. The van der Waals surface area contributed by atoms with Crippen molar-refractivity contribution in [2.75, 3.05) is 26.7 Å². The Morgan fingerprint density at radius 3 is 2.86 bits per heavy atom. The van der Waals surface area contributed by atoms with Crippen LogP contribution in [0.15, 0.2) is 12.1 Å². The first kappa shape index (κ1) is 16.9. The summed E-state index contributed by atoms with van der Waals surface area (Å²) in [7, 11) is 2.16. The second kappa shape index (κ2) is 7.68. The summed E-state index contributed by atoms with van der Waals surface area (Å²) in [5, 5.41) is 4.87. The van der Waals surface area contributed by atoms with Crippen LogP contribution in [0.25, 0.3) is 0 Å². The highest BCUT2D eigenvalue weighted by molar-refractivity contribution is 6.35. The van der Waals surface area contributed by atoms with Gasteiger partial charge in [-0.2, -0.15) is 0 Å². The molecule has 0 saturated heterocycles. The van der Waals surface area contributed by atoms with E-state index in [9.17, 15) is 0 Å². The van der Waals surface area contributed by atoms with Crippen LogP contribution in [-0.2, 0) is 0 Å². The van der Waals surface area contributed by atoms with Crippen molar-refractivity contribution in [1.29, 1.82) is 0 Å². The van der Waals surface area contributed by atoms with Gasteiger partial charge in [0.25, 0.3) is 0 Å². The lowest BCUT2D eigenvalue weighted by molar-refractivity contribution is 0.244. The molecule has 1 heterocycles. The van der Waals surface area contributed by atoms with Gasteiger partial charge in [0.1, 0.15) is 5.75 Å². The van der Waals surface area contributed by atoms with Crippen LogP contribution >= 0.6 is 23.2 Å². The van der Waals surface area contributed by atoms with Crippen LogP contribution in [0.5, 0.6) is 5.75 Å². The highest BCUT2D eigenvalue weighted by Crippen LogP contribution is 2.39. The van der Waals surface area contributed by atoms with Crippen LogP contribution in [-0.4, -0.2) is 37.7 Å². The van der Waals surface area contributed by atoms with Crippen LogP contribution in [0, 0.1) is 0 Å². The number of nitrogens with one attached hydrogen (secondary N) is 1. The van der Waals surface area contributed by atoms with Gasteiger partial charge in [0.2, 0.25) is 0 Å². The first-order valence-corrected chi connectivity index (χ1v) is 8.30. The minimum Gasteiger partial charge on any atom is -0.492 e. The minimum atomic E-state index is 0.273. The van der Waals surface area contributed by atoms with Crippen molar-refractivity contribution in [2.45, 2.75) is 38.8 Å². The van der Waals surface area contributed by atoms with Crippen molar-refractivity contribution in [3.63, 3.8) is 0 Å². The predicted molar refractivity (Wildman–Crippen MR) is 89.7 cm³/mol. The second-order valence-corrected chi connectivity index (χ2v) is 6.72. The van der Waals surface area contributed by atoms with E-state index in [4.69, 9.17) is 27.9 Å². The topological polar surface area (TPSA) is 24.5 Å². The van der Waals surface area contributed by atoms with E-state index in [0.29, 0.717) is 22.7 Å². The third-order valence-electron chi connectivity index (χ3n) is 4.03. The summed E-state index contributed by atoms with van der Waals surface area (Å²) in [6.45, 7) is 7.19. The van der Waals surface area contributed by atoms with Crippen molar-refractivity contribution in [2.24, 2.45) is 0 Å². The van der Waals surface area contributed by atoms with Crippen LogP contribution in [0.2, 0.25) is 10.0 Å². The molecule has 0 aliphatic carbocycles. The summed E-state index contributed by atoms with van der Waals surface area (Å²) in [6, 6.07) is 4.56. The molecule has 0 saturated carbocycles. The number of nitrogens with zero attached hydrogens (tertiary/aromatic N) is 1. The van der Waals surface area contributed by atoms with Crippen molar-refractivity contribution >= 4 is 23.2 Å². The van der Waals surface area contributed by atoms with Gasteiger partial charge in [-0.25, -0.2) is 0 Å². The number of halogens is 2. The van der Waals surface area contributed by atoms with Gasteiger partial charge in [-0.05, 0) is 52.5 Å². The summed E-state index contributed by atoms with van der Waals surface area (Å²) in [6.07, 6.45) is 2.07. The number of rotatable bonds is 6. The Balaban J connectivity index is 1.92. The van der Waals surface area contributed by atoms with E-state index in [1.54, 1.807) is 6.07 Å². The maximum Gasteiger partial charge on any atom is 0.142 e. The molecule has 1 aromatic carbocycles. The zero-order chi connectivity index (χ0) is 15.4.